The van der Waals surface area contributed by atoms with E-state index in [1.807, 2.05) is 6.20 Å². The zero-order chi connectivity index (χ0) is 14.4. The second-order valence-corrected chi connectivity index (χ2v) is 6.43. The van der Waals surface area contributed by atoms with Crippen molar-refractivity contribution >= 4 is 11.8 Å². The van der Waals surface area contributed by atoms with Crippen molar-refractivity contribution in [1.82, 2.24) is 15.3 Å². The van der Waals surface area contributed by atoms with Crippen LogP contribution in [0.1, 0.15) is 37.4 Å². The van der Waals surface area contributed by atoms with E-state index >= 15 is 0 Å². The maximum Gasteiger partial charge on any atom is 0.165 e. The molecule has 0 fully saturated rings. The minimum atomic E-state index is 0.339. The van der Waals surface area contributed by atoms with Crippen molar-refractivity contribution in [2.45, 2.75) is 43.6 Å². The van der Waals surface area contributed by atoms with Gasteiger partial charge in [-0.25, -0.2) is 4.98 Å². The third-order valence-electron chi connectivity index (χ3n) is 3.29. The fourth-order valence-electron chi connectivity index (χ4n) is 2.19. The molecule has 20 heavy (non-hydrogen) atoms. The van der Waals surface area contributed by atoms with Crippen molar-refractivity contribution in [1.29, 1.82) is 0 Å². The lowest BCUT2D eigenvalue weighted by atomic mass is 10.0. The minimum absolute atomic E-state index is 0.339. The van der Waals surface area contributed by atoms with Gasteiger partial charge in [0.05, 0.1) is 0 Å². The lowest BCUT2D eigenvalue weighted by Gasteiger charge is -2.25. The Morgan fingerprint density at radius 3 is 2.65 bits per heavy atom. The number of benzene rings is 1. The molecule has 2 rings (SSSR count). The van der Waals surface area contributed by atoms with E-state index in [1.165, 1.54) is 11.1 Å². The molecule has 0 bridgehead atoms. The summed E-state index contributed by atoms with van der Waals surface area (Å²) < 4.78 is 0. The van der Waals surface area contributed by atoms with Gasteiger partial charge in [0.2, 0.25) is 0 Å². The van der Waals surface area contributed by atoms with Crippen LogP contribution < -0.4 is 5.32 Å². The number of H-pyrrole nitrogens is 1. The summed E-state index contributed by atoms with van der Waals surface area (Å²) in [4.78, 5) is 7.47. The topological polar surface area (TPSA) is 40.7 Å². The van der Waals surface area contributed by atoms with Crippen LogP contribution in [0.15, 0.2) is 41.8 Å². The van der Waals surface area contributed by atoms with Crippen LogP contribution in [0.2, 0.25) is 0 Å². The smallest absolute Gasteiger partial charge is 0.165 e. The Labute approximate surface area is 125 Å². The average Bonchev–Trinajstić information content (AvgIpc) is 2.94. The zero-order valence-electron chi connectivity index (χ0n) is 12.4. The minimum Gasteiger partial charge on any atom is -0.340 e. The van der Waals surface area contributed by atoms with E-state index < -0.39 is 0 Å². The van der Waals surface area contributed by atoms with Gasteiger partial charge in [0.25, 0.3) is 0 Å². The number of aromatic nitrogens is 2. The second-order valence-electron chi connectivity index (χ2n) is 5.06. The van der Waals surface area contributed by atoms with E-state index in [9.17, 15) is 0 Å². The molecule has 2 N–H and O–H groups in total. The maximum absolute atomic E-state index is 4.31. The number of hydrogen-bond donors (Lipinski definition) is 2. The van der Waals surface area contributed by atoms with Crippen LogP contribution in [-0.2, 0) is 0 Å². The van der Waals surface area contributed by atoms with Crippen LogP contribution in [0.3, 0.4) is 0 Å². The van der Waals surface area contributed by atoms with Crippen LogP contribution in [0, 0.1) is 6.92 Å². The molecule has 0 spiro atoms. The molecule has 0 aliphatic carbocycles. The quantitative estimate of drug-likeness (QED) is 0.759. The van der Waals surface area contributed by atoms with Gasteiger partial charge >= 0.3 is 0 Å². The third kappa shape index (κ3) is 4.12. The number of aromatic amines is 1. The van der Waals surface area contributed by atoms with Gasteiger partial charge in [0.1, 0.15) is 0 Å². The molecule has 1 aromatic heterocycles. The number of rotatable bonds is 7. The van der Waals surface area contributed by atoms with Gasteiger partial charge in [-0.3, -0.25) is 0 Å². The van der Waals surface area contributed by atoms with Crippen molar-refractivity contribution in [3.8, 4) is 0 Å². The van der Waals surface area contributed by atoms with E-state index in [1.54, 1.807) is 18.0 Å². The monoisotopic (exact) mass is 289 g/mol. The van der Waals surface area contributed by atoms with Crippen molar-refractivity contribution in [2.24, 2.45) is 0 Å². The summed E-state index contributed by atoms with van der Waals surface area (Å²) in [5.74, 6) is 0. The molecule has 2 atom stereocenters. The summed E-state index contributed by atoms with van der Waals surface area (Å²) in [5.41, 5.74) is 2.64. The van der Waals surface area contributed by atoms with Crippen molar-refractivity contribution in [2.75, 3.05) is 6.54 Å². The molecule has 2 aromatic rings. The van der Waals surface area contributed by atoms with E-state index in [0.29, 0.717) is 11.3 Å². The van der Waals surface area contributed by atoms with Crippen molar-refractivity contribution in [3.63, 3.8) is 0 Å². The highest BCUT2D eigenvalue weighted by molar-refractivity contribution is 7.99. The predicted octanol–water partition coefficient (Wildman–Crippen LogP) is 3.94. The Kier molecular flexibility index (Phi) is 5.68. The molecular weight excluding hydrogens is 266 g/mol. The van der Waals surface area contributed by atoms with Gasteiger partial charge in [0, 0.05) is 23.7 Å². The van der Waals surface area contributed by atoms with E-state index in [4.69, 9.17) is 0 Å². The second kappa shape index (κ2) is 7.50. The molecule has 0 radical (unpaired) electrons. The van der Waals surface area contributed by atoms with Gasteiger partial charge in [-0.05, 0) is 25.5 Å². The Morgan fingerprint density at radius 2 is 2.05 bits per heavy atom. The van der Waals surface area contributed by atoms with Gasteiger partial charge in [-0.15, -0.1) is 0 Å². The summed E-state index contributed by atoms with van der Waals surface area (Å²) in [6, 6.07) is 9.15. The summed E-state index contributed by atoms with van der Waals surface area (Å²) in [6.45, 7) is 7.60. The largest absolute Gasteiger partial charge is 0.340 e. The summed E-state index contributed by atoms with van der Waals surface area (Å²) >= 11 is 1.78. The summed E-state index contributed by atoms with van der Waals surface area (Å²) in [6.07, 6.45) is 4.81. The number of nitrogens with one attached hydrogen (secondary N) is 2. The normalized spacial score (nSPS) is 14.2. The molecule has 0 amide bonds. The highest BCUT2D eigenvalue weighted by Gasteiger charge is 2.20. The third-order valence-corrected chi connectivity index (χ3v) is 4.38. The first-order valence-electron chi connectivity index (χ1n) is 7.16. The number of hydrogen-bond acceptors (Lipinski definition) is 3. The van der Waals surface area contributed by atoms with Crippen LogP contribution in [0.5, 0.6) is 0 Å². The molecule has 4 heteroatoms. The molecule has 0 saturated heterocycles. The lowest BCUT2D eigenvalue weighted by Crippen LogP contribution is -2.29. The molecule has 2 unspecified atom stereocenters. The van der Waals surface area contributed by atoms with Crippen molar-refractivity contribution < 1.29 is 0 Å². The van der Waals surface area contributed by atoms with Crippen LogP contribution in [-0.4, -0.2) is 21.8 Å². The molecule has 1 heterocycles. The average molecular weight is 289 g/mol. The Balaban J connectivity index is 2.11. The molecule has 1 aromatic carbocycles. The van der Waals surface area contributed by atoms with E-state index in [0.717, 1.165) is 18.1 Å². The number of nitrogens with zero attached hydrogens (tertiary/aromatic N) is 1. The summed E-state index contributed by atoms with van der Waals surface area (Å²) in [7, 11) is 0. The number of imidazole rings is 1. The zero-order valence-corrected chi connectivity index (χ0v) is 13.2. The Hall–Kier alpha value is -1.26. The molecule has 0 aliphatic heterocycles. The van der Waals surface area contributed by atoms with Crippen LogP contribution in [0.4, 0.5) is 0 Å². The van der Waals surface area contributed by atoms with Crippen molar-refractivity contribution in [3.05, 3.63) is 47.8 Å². The molecule has 3 nitrogen and oxygen atoms in total. The number of aryl methyl sites for hydroxylation is 1. The molecule has 0 saturated carbocycles. The van der Waals surface area contributed by atoms with Crippen LogP contribution >= 0.6 is 11.8 Å². The first kappa shape index (κ1) is 15.1. The van der Waals surface area contributed by atoms with Gasteiger partial charge in [-0.1, -0.05) is 55.4 Å². The Bertz CT molecular complexity index is 493. The summed E-state index contributed by atoms with van der Waals surface area (Å²) in [5, 5.41) is 5.05. The van der Waals surface area contributed by atoms with E-state index in [-0.39, 0.29) is 0 Å². The molecule has 0 aliphatic rings. The fourth-order valence-corrected chi connectivity index (χ4v) is 3.19. The van der Waals surface area contributed by atoms with Gasteiger partial charge < -0.3 is 10.3 Å². The van der Waals surface area contributed by atoms with Crippen LogP contribution in [0.25, 0.3) is 0 Å². The van der Waals surface area contributed by atoms with E-state index in [2.05, 4.69) is 60.3 Å². The van der Waals surface area contributed by atoms with Gasteiger partial charge in [-0.2, -0.15) is 0 Å². The SMILES string of the molecule is CCCNC(c1ccc(C)cc1)C(C)Sc1ncc[nH]1. The lowest BCUT2D eigenvalue weighted by molar-refractivity contribution is 0.527. The molecular formula is C16H23N3S. The predicted molar refractivity (Wildman–Crippen MR) is 86.1 cm³/mol. The highest BCUT2D eigenvalue weighted by atomic mass is 32.2. The maximum atomic E-state index is 4.31. The molecule has 108 valence electrons. The fraction of sp³-hybridized carbons (Fsp3) is 0.438. The number of thioether (sulfide) groups is 1. The standard InChI is InChI=1S/C16H23N3S/c1-4-9-17-15(14-7-5-12(2)6-8-14)13(3)20-16-18-10-11-19-16/h5-8,10-11,13,15,17H,4,9H2,1-3H3,(H,18,19). The van der Waals surface area contributed by atoms with Gasteiger partial charge in [0.15, 0.2) is 5.16 Å². The first-order chi connectivity index (χ1) is 9.70. The Morgan fingerprint density at radius 1 is 1.30 bits per heavy atom. The first-order valence-corrected chi connectivity index (χ1v) is 8.04. The highest BCUT2D eigenvalue weighted by Crippen LogP contribution is 2.30.